The SMILES string of the molecule is CNC(=S)N[NH+]=Cc1ccc(OCc2cccc(C)c2)c(OC)c1. The number of rotatable bonds is 6. The molecule has 0 aliphatic rings. The summed E-state index contributed by atoms with van der Waals surface area (Å²) in [6.07, 6.45) is 1.79. The summed E-state index contributed by atoms with van der Waals surface area (Å²) in [4.78, 5) is 0. The Morgan fingerprint density at radius 3 is 2.75 bits per heavy atom. The number of nitrogens with one attached hydrogen (secondary N) is 3. The molecule has 2 aromatic rings. The molecule has 0 radical (unpaired) electrons. The average Bonchev–Trinajstić information content (AvgIpc) is 2.60. The van der Waals surface area contributed by atoms with E-state index in [2.05, 4.69) is 34.9 Å². The summed E-state index contributed by atoms with van der Waals surface area (Å²) in [6, 6.07) is 14.0. The summed E-state index contributed by atoms with van der Waals surface area (Å²) in [5.74, 6) is 1.38. The number of hydrazine groups is 1. The molecule has 2 rings (SSSR count). The monoisotopic (exact) mass is 344 g/mol. The first-order chi connectivity index (χ1) is 11.6. The van der Waals surface area contributed by atoms with E-state index in [1.165, 1.54) is 5.56 Å². The predicted molar refractivity (Wildman–Crippen MR) is 99.4 cm³/mol. The fraction of sp³-hybridized carbons (Fsp3) is 0.222. The van der Waals surface area contributed by atoms with E-state index in [9.17, 15) is 0 Å². The number of ether oxygens (including phenoxy) is 2. The van der Waals surface area contributed by atoms with Crippen molar-refractivity contribution in [3.05, 3.63) is 59.2 Å². The molecule has 0 amide bonds. The first-order valence-electron chi connectivity index (χ1n) is 7.55. The van der Waals surface area contributed by atoms with Gasteiger partial charge in [-0.1, -0.05) is 29.8 Å². The molecule has 0 saturated heterocycles. The van der Waals surface area contributed by atoms with Gasteiger partial charge >= 0.3 is 0 Å². The van der Waals surface area contributed by atoms with Crippen molar-refractivity contribution in [2.24, 2.45) is 0 Å². The number of benzene rings is 2. The Hall–Kier alpha value is -2.60. The molecule has 0 heterocycles. The molecular formula is C18H22N3O2S+. The van der Waals surface area contributed by atoms with Crippen LogP contribution in [0.4, 0.5) is 0 Å². The third kappa shape index (κ3) is 5.24. The van der Waals surface area contributed by atoms with Crippen LogP contribution in [0.25, 0.3) is 0 Å². The zero-order valence-corrected chi connectivity index (χ0v) is 14.9. The molecule has 0 aromatic heterocycles. The molecule has 0 spiro atoms. The van der Waals surface area contributed by atoms with Gasteiger partial charge in [-0.15, -0.1) is 10.5 Å². The normalized spacial score (nSPS) is 10.5. The van der Waals surface area contributed by atoms with Gasteiger partial charge in [0.05, 0.1) is 7.11 Å². The molecule has 3 N–H and O–H groups in total. The molecule has 0 fully saturated rings. The van der Waals surface area contributed by atoms with E-state index in [-0.39, 0.29) is 0 Å². The maximum absolute atomic E-state index is 5.88. The Balaban J connectivity index is 2.04. The van der Waals surface area contributed by atoms with E-state index in [0.717, 1.165) is 11.1 Å². The highest BCUT2D eigenvalue weighted by Crippen LogP contribution is 2.28. The third-order valence-corrected chi connectivity index (χ3v) is 3.62. The smallest absolute Gasteiger partial charge is 0.223 e. The standard InChI is InChI=1S/C18H21N3O2S/c1-13-5-4-6-15(9-13)12-23-16-8-7-14(10-17(16)22-3)11-20-21-18(24)19-2/h4-11H,12H2,1-3H3,(H2,19,21,24)/p+1. The van der Waals surface area contributed by atoms with Crippen molar-refractivity contribution in [2.45, 2.75) is 13.5 Å². The Morgan fingerprint density at radius 1 is 1.21 bits per heavy atom. The van der Waals surface area contributed by atoms with Gasteiger partial charge in [-0.05, 0) is 42.9 Å². The van der Waals surface area contributed by atoms with Crippen molar-refractivity contribution in [3.63, 3.8) is 0 Å². The summed E-state index contributed by atoms with van der Waals surface area (Å²) in [5, 5.41) is 6.23. The average molecular weight is 344 g/mol. The van der Waals surface area contributed by atoms with Gasteiger partial charge in [0.1, 0.15) is 6.61 Å². The second-order valence-corrected chi connectivity index (χ2v) is 5.59. The summed E-state index contributed by atoms with van der Waals surface area (Å²) >= 11 is 4.98. The van der Waals surface area contributed by atoms with Crippen molar-refractivity contribution in [2.75, 3.05) is 14.2 Å². The third-order valence-electron chi connectivity index (χ3n) is 3.32. The largest absolute Gasteiger partial charge is 0.493 e. The summed E-state index contributed by atoms with van der Waals surface area (Å²) < 4.78 is 11.3. The van der Waals surface area contributed by atoms with Crippen LogP contribution < -0.4 is 25.3 Å². The molecule has 0 unspecified atom stereocenters. The molecule has 0 aliphatic carbocycles. The highest BCUT2D eigenvalue weighted by atomic mass is 32.1. The summed E-state index contributed by atoms with van der Waals surface area (Å²) in [5.41, 5.74) is 6.10. The first-order valence-corrected chi connectivity index (χ1v) is 7.96. The van der Waals surface area contributed by atoms with Gasteiger partial charge in [-0.25, -0.2) is 0 Å². The minimum absolute atomic E-state index is 0.497. The number of hydrogen-bond donors (Lipinski definition) is 3. The first kappa shape index (κ1) is 17.7. The van der Waals surface area contributed by atoms with E-state index in [4.69, 9.17) is 21.7 Å². The van der Waals surface area contributed by atoms with Crippen LogP contribution in [0, 0.1) is 6.92 Å². The summed E-state index contributed by atoms with van der Waals surface area (Å²) in [6.45, 7) is 2.56. The predicted octanol–water partition coefficient (Wildman–Crippen LogP) is 1.09. The van der Waals surface area contributed by atoms with Crippen LogP contribution in [-0.2, 0) is 6.61 Å². The highest BCUT2D eigenvalue weighted by Gasteiger charge is 2.07. The van der Waals surface area contributed by atoms with Crippen LogP contribution >= 0.6 is 12.2 Å². The Bertz CT molecular complexity index is 732. The van der Waals surface area contributed by atoms with Crippen LogP contribution in [-0.4, -0.2) is 25.5 Å². The quantitative estimate of drug-likeness (QED) is 0.416. The van der Waals surface area contributed by atoms with Crippen LogP contribution in [0.15, 0.2) is 42.5 Å². The van der Waals surface area contributed by atoms with Crippen LogP contribution in [0.3, 0.4) is 0 Å². The number of methoxy groups -OCH3 is 1. The van der Waals surface area contributed by atoms with Crippen molar-refractivity contribution >= 4 is 23.5 Å². The Kier molecular flexibility index (Phi) is 6.57. The Morgan fingerprint density at radius 2 is 2.04 bits per heavy atom. The number of hydrogen-bond acceptors (Lipinski definition) is 3. The van der Waals surface area contributed by atoms with Crippen molar-refractivity contribution in [1.29, 1.82) is 0 Å². The molecule has 0 bridgehead atoms. The van der Waals surface area contributed by atoms with Gasteiger partial charge in [0.15, 0.2) is 17.7 Å². The second kappa shape index (κ2) is 8.88. The zero-order chi connectivity index (χ0) is 17.4. The van der Waals surface area contributed by atoms with Crippen molar-refractivity contribution in [1.82, 2.24) is 10.7 Å². The van der Waals surface area contributed by atoms with E-state index >= 15 is 0 Å². The molecule has 0 atom stereocenters. The van der Waals surface area contributed by atoms with Gasteiger partial charge in [0.2, 0.25) is 5.11 Å². The minimum Gasteiger partial charge on any atom is -0.493 e. The number of thiocarbonyl (C=S) groups is 1. The van der Waals surface area contributed by atoms with Crippen molar-refractivity contribution in [3.8, 4) is 11.5 Å². The highest BCUT2D eigenvalue weighted by molar-refractivity contribution is 7.80. The fourth-order valence-corrected chi connectivity index (χ4v) is 2.16. The molecule has 6 heteroatoms. The Labute approximate surface area is 147 Å². The van der Waals surface area contributed by atoms with E-state index in [1.807, 2.05) is 30.3 Å². The van der Waals surface area contributed by atoms with Gasteiger partial charge in [-0.2, -0.15) is 0 Å². The van der Waals surface area contributed by atoms with E-state index < -0.39 is 0 Å². The summed E-state index contributed by atoms with van der Waals surface area (Å²) in [7, 11) is 3.38. The van der Waals surface area contributed by atoms with Crippen LogP contribution in [0.2, 0.25) is 0 Å². The minimum atomic E-state index is 0.497. The van der Waals surface area contributed by atoms with Crippen LogP contribution in [0.1, 0.15) is 16.7 Å². The van der Waals surface area contributed by atoms with Gasteiger partial charge in [0.25, 0.3) is 0 Å². The molecule has 126 valence electrons. The topological polar surface area (TPSA) is 56.5 Å². The molecule has 0 aliphatic heterocycles. The second-order valence-electron chi connectivity index (χ2n) is 5.18. The van der Waals surface area contributed by atoms with Gasteiger partial charge in [0, 0.05) is 12.6 Å². The molecule has 24 heavy (non-hydrogen) atoms. The molecule has 2 aromatic carbocycles. The maximum Gasteiger partial charge on any atom is 0.223 e. The molecule has 5 nitrogen and oxygen atoms in total. The van der Waals surface area contributed by atoms with E-state index in [0.29, 0.717) is 23.2 Å². The number of aryl methyl sites for hydroxylation is 1. The van der Waals surface area contributed by atoms with Crippen LogP contribution in [0.5, 0.6) is 11.5 Å². The lowest BCUT2D eigenvalue weighted by Crippen LogP contribution is -2.82. The lowest BCUT2D eigenvalue weighted by molar-refractivity contribution is -0.500. The zero-order valence-electron chi connectivity index (χ0n) is 14.1. The van der Waals surface area contributed by atoms with E-state index in [1.54, 1.807) is 20.4 Å². The van der Waals surface area contributed by atoms with Gasteiger partial charge in [-0.3, -0.25) is 0 Å². The van der Waals surface area contributed by atoms with Crippen molar-refractivity contribution < 1.29 is 14.6 Å². The molecule has 0 saturated carbocycles. The lowest BCUT2D eigenvalue weighted by atomic mass is 10.1. The maximum atomic E-state index is 5.88. The lowest BCUT2D eigenvalue weighted by Gasteiger charge is -2.11. The molecular weight excluding hydrogens is 322 g/mol. The number of hydrazone groups is 1. The van der Waals surface area contributed by atoms with Gasteiger partial charge < -0.3 is 14.8 Å². The fourth-order valence-electron chi connectivity index (χ4n) is 2.10.